The van der Waals surface area contributed by atoms with Gasteiger partial charge in [0.25, 0.3) is 0 Å². The average Bonchev–Trinajstić information content (AvgIpc) is 3.01. The molecule has 0 aromatic carbocycles. The summed E-state index contributed by atoms with van der Waals surface area (Å²) in [6.07, 6.45) is 3.89. The zero-order valence-corrected chi connectivity index (χ0v) is 8.83. The summed E-state index contributed by atoms with van der Waals surface area (Å²) in [5.41, 5.74) is 2.85. The molecule has 4 nitrogen and oxygen atoms in total. The van der Waals surface area contributed by atoms with E-state index in [-0.39, 0.29) is 5.69 Å². The van der Waals surface area contributed by atoms with E-state index < -0.39 is 5.97 Å². The monoisotopic (exact) mass is 226 g/mol. The highest BCUT2D eigenvalue weighted by molar-refractivity contribution is 6.30. The molecular formula is C10H11ClN2O2. The van der Waals surface area contributed by atoms with Crippen molar-refractivity contribution in [2.45, 2.75) is 12.8 Å². The van der Waals surface area contributed by atoms with Gasteiger partial charge in [0.1, 0.15) is 0 Å². The third-order valence-electron chi connectivity index (χ3n) is 2.16. The molecule has 1 aromatic rings. The van der Waals surface area contributed by atoms with Crippen LogP contribution in [0, 0.1) is 5.92 Å². The number of hydroxylamine groups is 1. The Bertz CT molecular complexity index is 366. The predicted octanol–water partition coefficient (Wildman–Crippen LogP) is 1.81. The lowest BCUT2D eigenvalue weighted by Crippen LogP contribution is -2.22. The molecule has 1 aliphatic carbocycles. The topological polar surface area (TPSA) is 51.2 Å². The molecular weight excluding hydrogens is 216 g/mol. The molecule has 1 saturated carbocycles. The summed E-state index contributed by atoms with van der Waals surface area (Å²) in [6.45, 7) is 0.715. The number of carbonyl (C=O) groups excluding carboxylic acids is 1. The fourth-order valence-corrected chi connectivity index (χ4v) is 1.28. The first-order valence-corrected chi connectivity index (χ1v) is 5.19. The van der Waals surface area contributed by atoms with Crippen LogP contribution in [-0.2, 0) is 4.84 Å². The SMILES string of the molecule is O=C(ONCC1CC1)c1cc(Cl)ccn1. The predicted molar refractivity (Wildman–Crippen MR) is 55.4 cm³/mol. The van der Waals surface area contributed by atoms with Crippen molar-refractivity contribution >= 4 is 17.6 Å². The van der Waals surface area contributed by atoms with Crippen LogP contribution in [0.1, 0.15) is 23.3 Å². The number of aromatic nitrogens is 1. The van der Waals surface area contributed by atoms with Crippen LogP contribution in [0.2, 0.25) is 5.02 Å². The van der Waals surface area contributed by atoms with E-state index in [1.807, 2.05) is 0 Å². The van der Waals surface area contributed by atoms with Gasteiger partial charge in [-0.15, -0.1) is 0 Å². The molecule has 0 unspecified atom stereocenters. The van der Waals surface area contributed by atoms with Crippen molar-refractivity contribution in [1.29, 1.82) is 0 Å². The maximum Gasteiger partial charge on any atom is 0.375 e. The van der Waals surface area contributed by atoms with E-state index in [1.165, 1.54) is 25.1 Å². The second-order valence-corrected chi connectivity index (χ2v) is 3.98. The second-order valence-electron chi connectivity index (χ2n) is 3.54. The Balaban J connectivity index is 1.83. The lowest BCUT2D eigenvalue weighted by atomic mass is 10.3. The van der Waals surface area contributed by atoms with E-state index in [9.17, 15) is 4.79 Å². The molecule has 0 bridgehead atoms. The summed E-state index contributed by atoms with van der Waals surface area (Å²) >= 11 is 5.72. The van der Waals surface area contributed by atoms with Crippen LogP contribution in [0.3, 0.4) is 0 Å². The van der Waals surface area contributed by atoms with Gasteiger partial charge >= 0.3 is 5.97 Å². The van der Waals surface area contributed by atoms with E-state index in [0.29, 0.717) is 17.5 Å². The summed E-state index contributed by atoms with van der Waals surface area (Å²) in [6, 6.07) is 3.08. The highest BCUT2D eigenvalue weighted by Crippen LogP contribution is 2.27. The number of halogens is 1. The van der Waals surface area contributed by atoms with Gasteiger partial charge in [-0.1, -0.05) is 11.6 Å². The van der Waals surface area contributed by atoms with Gasteiger partial charge in [-0.05, 0) is 30.9 Å². The smallest absolute Gasteiger partial charge is 0.366 e. The molecule has 1 N–H and O–H groups in total. The van der Waals surface area contributed by atoms with E-state index in [4.69, 9.17) is 16.4 Å². The maximum atomic E-state index is 11.4. The fraction of sp³-hybridized carbons (Fsp3) is 0.400. The number of hydrogen-bond donors (Lipinski definition) is 1. The zero-order valence-electron chi connectivity index (χ0n) is 8.07. The molecule has 0 amide bonds. The van der Waals surface area contributed by atoms with E-state index in [1.54, 1.807) is 6.07 Å². The zero-order chi connectivity index (χ0) is 10.7. The van der Waals surface area contributed by atoms with Crippen molar-refractivity contribution in [3.05, 3.63) is 29.0 Å². The van der Waals surface area contributed by atoms with Crippen molar-refractivity contribution in [2.24, 2.45) is 5.92 Å². The number of carbonyl (C=O) groups is 1. The van der Waals surface area contributed by atoms with Gasteiger partial charge in [0.2, 0.25) is 0 Å². The standard InChI is InChI=1S/C10H11ClN2O2/c11-8-3-4-12-9(5-8)10(14)15-13-6-7-1-2-7/h3-5,7,13H,1-2,6H2. The van der Waals surface area contributed by atoms with Gasteiger partial charge in [0, 0.05) is 17.8 Å². The largest absolute Gasteiger partial charge is 0.375 e. The first kappa shape index (κ1) is 10.4. The van der Waals surface area contributed by atoms with Crippen LogP contribution in [0.4, 0.5) is 0 Å². The third kappa shape index (κ3) is 3.18. The molecule has 1 heterocycles. The maximum absolute atomic E-state index is 11.4. The minimum absolute atomic E-state index is 0.214. The molecule has 2 rings (SSSR count). The van der Waals surface area contributed by atoms with Gasteiger partial charge in [-0.3, -0.25) is 0 Å². The van der Waals surface area contributed by atoms with Gasteiger partial charge in [-0.25, -0.2) is 9.78 Å². The van der Waals surface area contributed by atoms with Crippen molar-refractivity contribution in [3.63, 3.8) is 0 Å². The van der Waals surface area contributed by atoms with Crippen LogP contribution < -0.4 is 5.48 Å². The Morgan fingerprint density at radius 3 is 3.13 bits per heavy atom. The Kier molecular flexibility index (Phi) is 3.18. The molecule has 0 aliphatic heterocycles. The third-order valence-corrected chi connectivity index (χ3v) is 2.40. The normalized spacial score (nSPS) is 15.0. The molecule has 0 spiro atoms. The molecule has 0 atom stereocenters. The highest BCUT2D eigenvalue weighted by Gasteiger charge is 2.21. The molecule has 0 saturated heterocycles. The quantitative estimate of drug-likeness (QED) is 0.796. The van der Waals surface area contributed by atoms with Gasteiger partial charge in [0.15, 0.2) is 5.69 Å². The van der Waals surface area contributed by atoms with Gasteiger partial charge < -0.3 is 4.84 Å². The van der Waals surface area contributed by atoms with Crippen LogP contribution >= 0.6 is 11.6 Å². The Hall–Kier alpha value is -1.13. The summed E-state index contributed by atoms with van der Waals surface area (Å²) < 4.78 is 0. The molecule has 1 aliphatic rings. The molecule has 15 heavy (non-hydrogen) atoms. The molecule has 1 fully saturated rings. The minimum Gasteiger partial charge on any atom is -0.366 e. The first-order chi connectivity index (χ1) is 7.25. The Labute approximate surface area is 92.6 Å². The van der Waals surface area contributed by atoms with Crippen LogP contribution in [0.25, 0.3) is 0 Å². The lowest BCUT2D eigenvalue weighted by Gasteiger charge is -2.03. The number of nitrogens with zero attached hydrogens (tertiary/aromatic N) is 1. The molecule has 0 radical (unpaired) electrons. The van der Waals surface area contributed by atoms with Crippen LogP contribution in [0.15, 0.2) is 18.3 Å². The number of rotatable bonds is 4. The molecule has 80 valence electrons. The number of pyridine rings is 1. The fourth-order valence-electron chi connectivity index (χ4n) is 1.12. The first-order valence-electron chi connectivity index (χ1n) is 4.81. The van der Waals surface area contributed by atoms with Crippen molar-refractivity contribution < 1.29 is 9.63 Å². The number of hydrogen-bond acceptors (Lipinski definition) is 4. The Morgan fingerprint density at radius 2 is 2.47 bits per heavy atom. The van der Waals surface area contributed by atoms with Crippen molar-refractivity contribution in [1.82, 2.24) is 10.5 Å². The summed E-state index contributed by atoms with van der Waals surface area (Å²) in [5.74, 6) is 0.156. The minimum atomic E-state index is -0.502. The van der Waals surface area contributed by atoms with Gasteiger partial charge in [0.05, 0.1) is 0 Å². The van der Waals surface area contributed by atoms with Crippen molar-refractivity contribution in [2.75, 3.05) is 6.54 Å². The number of nitrogens with one attached hydrogen (secondary N) is 1. The lowest BCUT2D eigenvalue weighted by molar-refractivity contribution is 0.0238. The Morgan fingerprint density at radius 1 is 1.67 bits per heavy atom. The van der Waals surface area contributed by atoms with Crippen LogP contribution in [0.5, 0.6) is 0 Å². The van der Waals surface area contributed by atoms with Crippen molar-refractivity contribution in [3.8, 4) is 0 Å². The average molecular weight is 227 g/mol. The van der Waals surface area contributed by atoms with Gasteiger partial charge in [-0.2, -0.15) is 5.48 Å². The van der Waals surface area contributed by atoms with E-state index in [2.05, 4.69) is 10.5 Å². The second kappa shape index (κ2) is 4.59. The highest BCUT2D eigenvalue weighted by atomic mass is 35.5. The van der Waals surface area contributed by atoms with Crippen LogP contribution in [-0.4, -0.2) is 17.5 Å². The molecule has 1 aromatic heterocycles. The van der Waals surface area contributed by atoms with E-state index in [0.717, 1.165) is 0 Å². The summed E-state index contributed by atoms with van der Waals surface area (Å²) in [7, 11) is 0. The van der Waals surface area contributed by atoms with E-state index >= 15 is 0 Å². The molecule has 5 heteroatoms. The summed E-state index contributed by atoms with van der Waals surface area (Å²) in [5, 5.41) is 0.471. The summed E-state index contributed by atoms with van der Waals surface area (Å²) in [4.78, 5) is 20.1.